The summed E-state index contributed by atoms with van der Waals surface area (Å²) >= 11 is 0. The number of ether oxygens (including phenoxy) is 2. The fourth-order valence-electron chi connectivity index (χ4n) is 2.79. The van der Waals surface area contributed by atoms with Gasteiger partial charge in [-0.3, -0.25) is 0 Å². The van der Waals surface area contributed by atoms with Crippen molar-refractivity contribution in [3.8, 4) is 0 Å². The minimum atomic E-state index is -2.28. The molecule has 0 amide bonds. The zero-order valence-electron chi connectivity index (χ0n) is 17.6. The van der Waals surface area contributed by atoms with Crippen molar-refractivity contribution in [1.82, 2.24) is 0 Å². The second kappa shape index (κ2) is 16.4. The van der Waals surface area contributed by atoms with Gasteiger partial charge in [-0.15, -0.1) is 0 Å². The van der Waals surface area contributed by atoms with E-state index in [-0.39, 0.29) is 29.7 Å². The third-order valence-corrected chi connectivity index (χ3v) is 16.4. The van der Waals surface area contributed by atoms with Gasteiger partial charge in [-0.25, -0.2) is 0 Å². The Morgan fingerprint density at radius 3 is 1.43 bits per heavy atom. The number of methoxy groups -OCH3 is 1. The summed E-state index contributed by atoms with van der Waals surface area (Å²) in [4.78, 5) is 0. The van der Waals surface area contributed by atoms with E-state index in [9.17, 15) is 0 Å². The van der Waals surface area contributed by atoms with Gasteiger partial charge in [0, 0.05) is 13.7 Å². The molecule has 0 aliphatic heterocycles. The molecule has 5 nitrogen and oxygen atoms in total. The van der Waals surface area contributed by atoms with Crippen molar-refractivity contribution in [1.29, 1.82) is 0 Å². The molecule has 0 fully saturated rings. The van der Waals surface area contributed by atoms with Crippen molar-refractivity contribution in [2.45, 2.75) is 101 Å². The summed E-state index contributed by atoms with van der Waals surface area (Å²) < 4.78 is 30.1. The SMILES string of the molecule is C.C.C.C.COCCOCCC[Si](C)(O[Si](C)(C)C)O[Si](C)(C)O[Si](C)(C)C. The molecule has 0 aromatic heterocycles. The van der Waals surface area contributed by atoms with E-state index in [2.05, 4.69) is 58.9 Å². The van der Waals surface area contributed by atoms with Crippen molar-refractivity contribution < 1.29 is 21.8 Å². The van der Waals surface area contributed by atoms with Gasteiger partial charge in [0.15, 0.2) is 16.6 Å². The fourth-order valence-corrected chi connectivity index (χ4v) is 20.7. The average molecular weight is 477 g/mol. The quantitative estimate of drug-likeness (QED) is 0.210. The predicted molar refractivity (Wildman–Crippen MR) is 138 cm³/mol. The van der Waals surface area contributed by atoms with E-state index in [0.29, 0.717) is 13.2 Å². The van der Waals surface area contributed by atoms with Crippen LogP contribution in [0.15, 0.2) is 0 Å². The summed E-state index contributed by atoms with van der Waals surface area (Å²) in [7, 11) is -6.09. The van der Waals surface area contributed by atoms with Crippen molar-refractivity contribution in [2.75, 3.05) is 26.9 Å². The molecular formula is C19H56O5Si4. The molecule has 0 rings (SSSR count). The lowest BCUT2D eigenvalue weighted by Gasteiger charge is -2.41. The Hall–Kier alpha value is 0.668. The summed E-state index contributed by atoms with van der Waals surface area (Å²) in [6.07, 6.45) is 0.953. The highest BCUT2D eigenvalue weighted by atomic mass is 28.5. The highest BCUT2D eigenvalue weighted by Gasteiger charge is 2.44. The summed E-state index contributed by atoms with van der Waals surface area (Å²) in [6.45, 7) is 21.8. The molecular weight excluding hydrogens is 421 g/mol. The second-order valence-corrected chi connectivity index (χ2v) is 25.2. The maximum absolute atomic E-state index is 6.63. The van der Waals surface area contributed by atoms with E-state index in [1.807, 2.05) is 0 Å². The van der Waals surface area contributed by atoms with Crippen LogP contribution in [0.3, 0.4) is 0 Å². The summed E-state index contributed by atoms with van der Waals surface area (Å²) in [5, 5.41) is 0. The molecule has 1 atom stereocenters. The van der Waals surface area contributed by atoms with Crippen molar-refractivity contribution in [3.05, 3.63) is 0 Å². The van der Waals surface area contributed by atoms with Crippen LogP contribution in [-0.4, -0.2) is 60.7 Å². The average Bonchev–Trinajstić information content (AvgIpc) is 2.26. The molecule has 0 N–H and O–H groups in total. The largest absolute Gasteiger partial charge is 0.437 e. The third-order valence-electron chi connectivity index (χ3n) is 2.89. The van der Waals surface area contributed by atoms with Gasteiger partial charge >= 0.3 is 17.1 Å². The zero-order valence-corrected chi connectivity index (χ0v) is 21.6. The first-order valence-electron chi connectivity index (χ1n) is 8.85. The number of rotatable bonds is 13. The Morgan fingerprint density at radius 2 is 1.04 bits per heavy atom. The van der Waals surface area contributed by atoms with Crippen LogP contribution in [0, 0.1) is 0 Å². The van der Waals surface area contributed by atoms with E-state index < -0.39 is 33.8 Å². The minimum absolute atomic E-state index is 0. The van der Waals surface area contributed by atoms with E-state index in [4.69, 9.17) is 21.8 Å². The Balaban J connectivity index is -0.000000441. The molecule has 178 valence electrons. The van der Waals surface area contributed by atoms with Crippen LogP contribution in [0.25, 0.3) is 0 Å². The van der Waals surface area contributed by atoms with Crippen molar-refractivity contribution in [3.63, 3.8) is 0 Å². The van der Waals surface area contributed by atoms with Gasteiger partial charge in [-0.05, 0) is 71.4 Å². The number of hydrogen-bond donors (Lipinski definition) is 0. The lowest BCUT2D eigenvalue weighted by atomic mass is 10.5. The van der Waals surface area contributed by atoms with Crippen LogP contribution in [0.2, 0.25) is 65.0 Å². The van der Waals surface area contributed by atoms with Crippen LogP contribution < -0.4 is 0 Å². The molecule has 0 radical (unpaired) electrons. The molecule has 28 heavy (non-hydrogen) atoms. The minimum Gasteiger partial charge on any atom is -0.437 e. The number of hydrogen-bond acceptors (Lipinski definition) is 5. The van der Waals surface area contributed by atoms with E-state index in [1.54, 1.807) is 7.11 Å². The van der Waals surface area contributed by atoms with E-state index >= 15 is 0 Å². The maximum atomic E-state index is 6.63. The second-order valence-electron chi connectivity index (χ2n) is 8.77. The van der Waals surface area contributed by atoms with E-state index in [0.717, 1.165) is 19.1 Å². The lowest BCUT2D eigenvalue weighted by Crippen LogP contribution is -2.56. The first kappa shape index (κ1) is 39.2. The maximum Gasteiger partial charge on any atom is 0.315 e. The molecule has 0 saturated heterocycles. The summed E-state index contributed by atoms with van der Waals surface area (Å²) in [5.41, 5.74) is 0. The smallest absolute Gasteiger partial charge is 0.315 e. The Kier molecular flexibility index (Phi) is 22.9. The van der Waals surface area contributed by atoms with Gasteiger partial charge < -0.3 is 21.8 Å². The third kappa shape index (κ3) is 23.0. The molecule has 0 heterocycles. The summed E-state index contributed by atoms with van der Waals surface area (Å²) in [6, 6.07) is 0.940. The highest BCUT2D eigenvalue weighted by molar-refractivity contribution is 6.89. The van der Waals surface area contributed by atoms with Crippen LogP contribution in [0.4, 0.5) is 0 Å². The molecule has 0 saturated carbocycles. The highest BCUT2D eigenvalue weighted by Crippen LogP contribution is 2.27. The zero-order chi connectivity index (χ0) is 19.1. The van der Waals surface area contributed by atoms with Crippen molar-refractivity contribution in [2.24, 2.45) is 0 Å². The molecule has 0 aliphatic rings. The van der Waals surface area contributed by atoms with Gasteiger partial charge in [0.2, 0.25) is 0 Å². The molecule has 0 aromatic rings. The molecule has 0 spiro atoms. The Labute approximate surface area is 183 Å². The Morgan fingerprint density at radius 1 is 0.571 bits per heavy atom. The van der Waals surface area contributed by atoms with Gasteiger partial charge in [0.05, 0.1) is 13.2 Å². The van der Waals surface area contributed by atoms with Crippen molar-refractivity contribution >= 4 is 33.8 Å². The standard InChI is InChI=1S/C15H40O5Si4.4CH4/c1-16-13-14-17-12-11-15-24(10,19-22(5,6)7)20-23(8,9)18-21(2,3)4;;;;/h11-15H2,1-10H3;4*1H4. The normalized spacial score (nSPS) is 13.9. The van der Waals surface area contributed by atoms with Gasteiger partial charge in [-0.1, -0.05) is 29.7 Å². The van der Waals surface area contributed by atoms with Crippen LogP contribution in [-0.2, 0) is 21.8 Å². The molecule has 1 unspecified atom stereocenters. The lowest BCUT2D eigenvalue weighted by molar-refractivity contribution is 0.0703. The Bertz CT molecular complexity index is 357. The molecule has 0 bridgehead atoms. The monoisotopic (exact) mass is 476 g/mol. The first-order chi connectivity index (χ1) is 10.7. The first-order valence-corrected chi connectivity index (χ1v) is 21.0. The van der Waals surface area contributed by atoms with Crippen LogP contribution in [0.1, 0.15) is 36.1 Å². The molecule has 9 heteroatoms. The topological polar surface area (TPSA) is 46.2 Å². The van der Waals surface area contributed by atoms with Gasteiger partial charge in [0.1, 0.15) is 0 Å². The molecule has 0 aliphatic carbocycles. The predicted octanol–water partition coefficient (Wildman–Crippen LogP) is 7.08. The van der Waals surface area contributed by atoms with Gasteiger partial charge in [-0.2, -0.15) is 0 Å². The van der Waals surface area contributed by atoms with Crippen LogP contribution >= 0.6 is 0 Å². The molecule has 0 aromatic carbocycles. The van der Waals surface area contributed by atoms with Crippen LogP contribution in [0.5, 0.6) is 0 Å². The van der Waals surface area contributed by atoms with Gasteiger partial charge in [0.25, 0.3) is 0 Å². The summed E-state index contributed by atoms with van der Waals surface area (Å²) in [5.74, 6) is 0. The van der Waals surface area contributed by atoms with E-state index in [1.165, 1.54) is 0 Å². The fraction of sp³-hybridized carbons (Fsp3) is 1.00.